The van der Waals surface area contributed by atoms with E-state index < -0.39 is 5.91 Å². The van der Waals surface area contributed by atoms with E-state index in [-0.39, 0.29) is 12.5 Å². The SMILES string of the molecule is COc1cc(C(=O)Nc2ccc(C)c3c2CCCN3)ccc1OCC(N)=O. The molecule has 0 unspecified atom stereocenters. The maximum atomic E-state index is 12.7. The van der Waals surface area contributed by atoms with Gasteiger partial charge < -0.3 is 25.8 Å². The third kappa shape index (κ3) is 4.13. The molecule has 3 rings (SSSR count). The largest absolute Gasteiger partial charge is 0.493 e. The van der Waals surface area contributed by atoms with Crippen LogP contribution < -0.4 is 25.8 Å². The number of nitrogens with two attached hydrogens (primary N) is 1. The molecule has 0 spiro atoms. The second-order valence-corrected chi connectivity index (χ2v) is 6.39. The Morgan fingerprint density at radius 1 is 1.22 bits per heavy atom. The van der Waals surface area contributed by atoms with Crippen LogP contribution in [-0.4, -0.2) is 32.1 Å². The van der Waals surface area contributed by atoms with Crippen LogP contribution in [0, 0.1) is 6.92 Å². The first-order valence-electron chi connectivity index (χ1n) is 8.76. The molecule has 2 aromatic carbocycles. The highest BCUT2D eigenvalue weighted by molar-refractivity contribution is 6.05. The van der Waals surface area contributed by atoms with E-state index >= 15 is 0 Å². The minimum atomic E-state index is -0.586. The Morgan fingerprint density at radius 3 is 2.78 bits per heavy atom. The predicted octanol–water partition coefficient (Wildman–Crippen LogP) is 2.48. The van der Waals surface area contributed by atoms with Crippen molar-refractivity contribution in [2.24, 2.45) is 5.73 Å². The molecule has 0 radical (unpaired) electrons. The van der Waals surface area contributed by atoms with Gasteiger partial charge in [0.1, 0.15) is 0 Å². The second kappa shape index (κ2) is 7.99. The molecule has 2 amide bonds. The molecule has 1 aliphatic heterocycles. The van der Waals surface area contributed by atoms with Gasteiger partial charge in [-0.05, 0) is 55.2 Å². The quantitative estimate of drug-likeness (QED) is 0.726. The van der Waals surface area contributed by atoms with Gasteiger partial charge in [-0.3, -0.25) is 9.59 Å². The van der Waals surface area contributed by atoms with E-state index in [1.165, 1.54) is 12.7 Å². The summed E-state index contributed by atoms with van der Waals surface area (Å²) in [7, 11) is 1.47. The number of ether oxygens (including phenoxy) is 2. The van der Waals surface area contributed by atoms with Crippen molar-refractivity contribution in [1.82, 2.24) is 0 Å². The van der Waals surface area contributed by atoms with Crippen LogP contribution in [0.5, 0.6) is 11.5 Å². The number of carbonyl (C=O) groups excluding carboxylic acids is 2. The molecular weight excluding hydrogens is 346 g/mol. The van der Waals surface area contributed by atoms with Crippen LogP contribution in [0.3, 0.4) is 0 Å². The fraction of sp³-hybridized carbons (Fsp3) is 0.300. The van der Waals surface area contributed by atoms with E-state index in [0.717, 1.165) is 36.3 Å². The fourth-order valence-corrected chi connectivity index (χ4v) is 3.14. The molecule has 4 N–H and O–H groups in total. The second-order valence-electron chi connectivity index (χ2n) is 6.39. The van der Waals surface area contributed by atoms with Gasteiger partial charge in [-0.15, -0.1) is 0 Å². The minimum Gasteiger partial charge on any atom is -0.493 e. The van der Waals surface area contributed by atoms with Gasteiger partial charge in [-0.1, -0.05) is 6.07 Å². The lowest BCUT2D eigenvalue weighted by Crippen LogP contribution is -2.20. The van der Waals surface area contributed by atoms with Gasteiger partial charge in [-0.2, -0.15) is 0 Å². The zero-order chi connectivity index (χ0) is 19.4. The van der Waals surface area contributed by atoms with Crippen LogP contribution in [-0.2, 0) is 11.2 Å². The number of hydrogen-bond donors (Lipinski definition) is 3. The molecule has 27 heavy (non-hydrogen) atoms. The average molecular weight is 369 g/mol. The summed E-state index contributed by atoms with van der Waals surface area (Å²) in [5.41, 5.74) is 9.72. The van der Waals surface area contributed by atoms with Gasteiger partial charge >= 0.3 is 0 Å². The number of hydrogen-bond acceptors (Lipinski definition) is 5. The Hall–Kier alpha value is -3.22. The molecule has 7 nitrogen and oxygen atoms in total. The molecule has 7 heteroatoms. The zero-order valence-corrected chi connectivity index (χ0v) is 15.4. The van der Waals surface area contributed by atoms with E-state index in [2.05, 4.69) is 17.6 Å². The third-order valence-corrected chi connectivity index (χ3v) is 4.47. The first kappa shape index (κ1) is 18.6. The minimum absolute atomic E-state index is 0.244. The van der Waals surface area contributed by atoms with Gasteiger partial charge in [0.25, 0.3) is 11.8 Å². The van der Waals surface area contributed by atoms with E-state index in [1.54, 1.807) is 18.2 Å². The van der Waals surface area contributed by atoms with Crippen LogP contribution in [0.15, 0.2) is 30.3 Å². The highest BCUT2D eigenvalue weighted by atomic mass is 16.5. The average Bonchev–Trinajstić information content (AvgIpc) is 2.68. The molecule has 0 fully saturated rings. The number of amides is 2. The van der Waals surface area contributed by atoms with E-state index in [1.807, 2.05) is 12.1 Å². The van der Waals surface area contributed by atoms with Crippen LogP contribution in [0.2, 0.25) is 0 Å². The van der Waals surface area contributed by atoms with E-state index in [0.29, 0.717) is 17.1 Å². The molecular formula is C20H23N3O4. The molecule has 0 atom stereocenters. The normalized spacial score (nSPS) is 12.5. The standard InChI is InChI=1S/C20H23N3O4/c1-12-5-7-15(14-4-3-9-22-19(12)14)23-20(25)13-6-8-16(17(10-13)26-2)27-11-18(21)24/h5-8,10,22H,3-4,9,11H2,1-2H3,(H2,21,24)(H,23,25). The monoisotopic (exact) mass is 369 g/mol. The lowest BCUT2D eigenvalue weighted by molar-refractivity contribution is -0.119. The number of carbonyl (C=O) groups is 2. The molecule has 1 aliphatic rings. The van der Waals surface area contributed by atoms with Gasteiger partial charge in [0, 0.05) is 23.5 Å². The number of primary amides is 1. The number of nitrogens with one attached hydrogen (secondary N) is 2. The summed E-state index contributed by atoms with van der Waals surface area (Å²) in [6.07, 6.45) is 1.95. The van der Waals surface area contributed by atoms with Crippen molar-refractivity contribution in [3.63, 3.8) is 0 Å². The Labute approximate surface area is 157 Å². The molecule has 0 saturated heterocycles. The predicted molar refractivity (Wildman–Crippen MR) is 104 cm³/mol. The Morgan fingerprint density at radius 2 is 2.04 bits per heavy atom. The topological polar surface area (TPSA) is 103 Å². The van der Waals surface area contributed by atoms with Crippen molar-refractivity contribution >= 4 is 23.2 Å². The highest BCUT2D eigenvalue weighted by Crippen LogP contribution is 2.33. The Bertz CT molecular complexity index is 880. The van der Waals surface area contributed by atoms with Crippen molar-refractivity contribution in [2.45, 2.75) is 19.8 Å². The summed E-state index contributed by atoms with van der Waals surface area (Å²) in [5, 5.41) is 6.39. The van der Waals surface area contributed by atoms with Crippen molar-refractivity contribution in [1.29, 1.82) is 0 Å². The highest BCUT2D eigenvalue weighted by Gasteiger charge is 2.18. The maximum absolute atomic E-state index is 12.7. The van der Waals surface area contributed by atoms with Crippen LogP contribution >= 0.6 is 0 Å². The summed E-state index contributed by atoms with van der Waals surface area (Å²) in [6, 6.07) is 8.70. The number of methoxy groups -OCH3 is 1. The van der Waals surface area contributed by atoms with Crippen LogP contribution in [0.25, 0.3) is 0 Å². The first-order chi connectivity index (χ1) is 13.0. The van der Waals surface area contributed by atoms with Crippen molar-refractivity contribution in [2.75, 3.05) is 30.9 Å². The summed E-state index contributed by atoms with van der Waals surface area (Å²) in [5.74, 6) is -0.121. The van der Waals surface area contributed by atoms with Gasteiger partial charge in [0.05, 0.1) is 7.11 Å². The van der Waals surface area contributed by atoms with Gasteiger partial charge in [0.2, 0.25) is 0 Å². The van der Waals surface area contributed by atoms with E-state index in [9.17, 15) is 9.59 Å². The number of fused-ring (bicyclic) bond motifs is 1. The number of anilines is 2. The molecule has 2 aromatic rings. The van der Waals surface area contributed by atoms with E-state index in [4.69, 9.17) is 15.2 Å². The molecule has 1 heterocycles. The molecule has 142 valence electrons. The first-order valence-corrected chi connectivity index (χ1v) is 8.76. The van der Waals surface area contributed by atoms with Crippen LogP contribution in [0.1, 0.15) is 27.9 Å². The summed E-state index contributed by atoms with van der Waals surface area (Å²) < 4.78 is 10.5. The van der Waals surface area contributed by atoms with Gasteiger partial charge in [0.15, 0.2) is 18.1 Å². The maximum Gasteiger partial charge on any atom is 0.255 e. The molecule has 0 aromatic heterocycles. The zero-order valence-electron chi connectivity index (χ0n) is 15.4. The molecule has 0 saturated carbocycles. The fourth-order valence-electron chi connectivity index (χ4n) is 3.14. The van der Waals surface area contributed by atoms with Crippen molar-refractivity contribution in [3.8, 4) is 11.5 Å². The summed E-state index contributed by atoms with van der Waals surface area (Å²) in [6.45, 7) is 2.73. The number of aryl methyl sites for hydroxylation is 1. The van der Waals surface area contributed by atoms with Crippen molar-refractivity contribution in [3.05, 3.63) is 47.0 Å². The summed E-state index contributed by atoms with van der Waals surface area (Å²) >= 11 is 0. The lowest BCUT2D eigenvalue weighted by Gasteiger charge is -2.23. The Kier molecular flexibility index (Phi) is 5.49. The van der Waals surface area contributed by atoms with Crippen LogP contribution in [0.4, 0.5) is 11.4 Å². The molecule has 0 aliphatic carbocycles. The Balaban J connectivity index is 1.81. The lowest BCUT2D eigenvalue weighted by atomic mass is 9.97. The van der Waals surface area contributed by atoms with Gasteiger partial charge in [-0.25, -0.2) is 0 Å². The molecule has 0 bridgehead atoms. The third-order valence-electron chi connectivity index (χ3n) is 4.47. The summed E-state index contributed by atoms with van der Waals surface area (Å²) in [4.78, 5) is 23.6. The number of benzene rings is 2. The number of rotatable bonds is 6. The van der Waals surface area contributed by atoms with Crippen molar-refractivity contribution < 1.29 is 19.1 Å². The smallest absolute Gasteiger partial charge is 0.255 e.